The molecule has 0 aliphatic rings. The molecule has 0 aliphatic carbocycles. The van der Waals surface area contributed by atoms with Crippen molar-refractivity contribution in [3.8, 4) is 11.1 Å². The molecule has 3 aromatic rings. The molecule has 3 rings (SSSR count). The van der Waals surface area contributed by atoms with E-state index in [2.05, 4.69) is 10.1 Å². The number of carboxylic acid groups (broad SMARTS) is 1. The lowest BCUT2D eigenvalue weighted by molar-refractivity contribution is -0.131. The molecule has 1 N–H and O–H groups in total. The lowest BCUT2D eigenvalue weighted by Gasteiger charge is -2.13. The quantitative estimate of drug-likeness (QED) is 0.721. The van der Waals surface area contributed by atoms with Gasteiger partial charge in [0.05, 0.1) is 11.9 Å². The highest BCUT2D eigenvalue weighted by molar-refractivity contribution is 5.99. The molecule has 3 heterocycles. The predicted molar refractivity (Wildman–Crippen MR) is 97.2 cm³/mol. The van der Waals surface area contributed by atoms with Crippen LogP contribution in [0.5, 0.6) is 0 Å². The van der Waals surface area contributed by atoms with Crippen molar-refractivity contribution in [2.75, 3.05) is 0 Å². The number of hydrogen-bond acceptors (Lipinski definition) is 4. The molecule has 3 aromatic heterocycles. The van der Waals surface area contributed by atoms with Crippen LogP contribution in [-0.4, -0.2) is 30.8 Å². The van der Waals surface area contributed by atoms with Gasteiger partial charge in [-0.1, -0.05) is 6.92 Å². The van der Waals surface area contributed by atoms with Gasteiger partial charge in [-0.3, -0.25) is 4.98 Å². The maximum absolute atomic E-state index is 11.1. The Kier molecular flexibility index (Phi) is 4.61. The van der Waals surface area contributed by atoms with Gasteiger partial charge in [-0.05, 0) is 38.0 Å². The van der Waals surface area contributed by atoms with E-state index in [9.17, 15) is 4.79 Å². The minimum absolute atomic E-state index is 0.691. The monoisotopic (exact) mass is 336 g/mol. The summed E-state index contributed by atoms with van der Waals surface area (Å²) in [6.07, 6.45) is 8.85. The Balaban J connectivity index is 2.41. The van der Waals surface area contributed by atoms with Crippen molar-refractivity contribution < 1.29 is 9.90 Å². The number of aromatic nitrogens is 4. The van der Waals surface area contributed by atoms with Crippen molar-refractivity contribution in [2.24, 2.45) is 0 Å². The molecule has 6 nitrogen and oxygen atoms in total. The lowest BCUT2D eigenvalue weighted by Crippen LogP contribution is -2.03. The first-order valence-corrected chi connectivity index (χ1v) is 8.26. The largest absolute Gasteiger partial charge is 0.478 e. The van der Waals surface area contributed by atoms with Crippen LogP contribution in [0.15, 0.2) is 30.7 Å². The Morgan fingerprint density at radius 3 is 2.72 bits per heavy atom. The number of aryl methyl sites for hydroxylation is 3. The number of carbonyl (C=O) groups is 1. The molecular formula is C19H20N4O2. The smallest absolute Gasteiger partial charge is 0.328 e. The van der Waals surface area contributed by atoms with Crippen molar-refractivity contribution in [2.45, 2.75) is 33.7 Å². The molecule has 0 radical (unpaired) electrons. The van der Waals surface area contributed by atoms with Crippen LogP contribution in [0.4, 0.5) is 0 Å². The van der Waals surface area contributed by atoms with Crippen molar-refractivity contribution in [3.63, 3.8) is 0 Å². The highest BCUT2D eigenvalue weighted by atomic mass is 16.4. The van der Waals surface area contributed by atoms with Crippen LogP contribution in [0.25, 0.3) is 28.2 Å². The maximum Gasteiger partial charge on any atom is 0.328 e. The third-order valence-electron chi connectivity index (χ3n) is 4.09. The summed E-state index contributed by atoms with van der Waals surface area (Å²) >= 11 is 0. The molecule has 0 spiro atoms. The fourth-order valence-electron chi connectivity index (χ4n) is 2.99. The number of rotatable bonds is 5. The zero-order valence-electron chi connectivity index (χ0n) is 14.5. The molecule has 128 valence electrons. The Morgan fingerprint density at radius 1 is 1.28 bits per heavy atom. The van der Waals surface area contributed by atoms with Gasteiger partial charge >= 0.3 is 5.97 Å². The lowest BCUT2D eigenvalue weighted by atomic mass is 9.95. The van der Waals surface area contributed by atoms with E-state index in [1.165, 1.54) is 0 Å². The molecule has 0 saturated heterocycles. The van der Waals surface area contributed by atoms with Crippen LogP contribution in [0.2, 0.25) is 0 Å². The second-order valence-electron chi connectivity index (χ2n) is 5.82. The summed E-state index contributed by atoms with van der Waals surface area (Å²) < 4.78 is 1.85. The molecule has 0 bridgehead atoms. The van der Waals surface area contributed by atoms with E-state index in [1.54, 1.807) is 24.7 Å². The van der Waals surface area contributed by atoms with Crippen LogP contribution in [0.1, 0.15) is 30.7 Å². The average Bonchev–Trinajstić information content (AvgIpc) is 3.01. The highest BCUT2D eigenvalue weighted by Gasteiger charge is 2.18. The average molecular weight is 336 g/mol. The van der Waals surface area contributed by atoms with E-state index < -0.39 is 5.97 Å². The van der Waals surface area contributed by atoms with Gasteiger partial charge in [-0.25, -0.2) is 14.5 Å². The standard InChI is InChI=1S/C19H20N4O2/c1-4-16-14(6-7-17(24)25)18(13-8-12(3)9-20-10-13)15-11-21-23(5-2)19(15)22-16/h6-11H,4-5H2,1-3H3,(H,24,25)/b7-6+. The summed E-state index contributed by atoms with van der Waals surface area (Å²) in [4.78, 5) is 20.1. The molecule has 0 aliphatic heterocycles. The number of pyridine rings is 2. The summed E-state index contributed by atoms with van der Waals surface area (Å²) in [7, 11) is 0. The first-order valence-electron chi connectivity index (χ1n) is 8.26. The normalized spacial score (nSPS) is 11.5. The summed E-state index contributed by atoms with van der Waals surface area (Å²) in [5.41, 5.74) is 5.36. The summed E-state index contributed by atoms with van der Waals surface area (Å²) in [6, 6.07) is 2.04. The zero-order chi connectivity index (χ0) is 18.0. The summed E-state index contributed by atoms with van der Waals surface area (Å²) in [5, 5.41) is 14.4. The van der Waals surface area contributed by atoms with Gasteiger partial charge in [0.15, 0.2) is 5.65 Å². The second kappa shape index (κ2) is 6.84. The van der Waals surface area contributed by atoms with E-state index >= 15 is 0 Å². The van der Waals surface area contributed by atoms with E-state index in [0.717, 1.165) is 51.6 Å². The van der Waals surface area contributed by atoms with Crippen LogP contribution < -0.4 is 0 Å². The van der Waals surface area contributed by atoms with E-state index in [0.29, 0.717) is 6.42 Å². The van der Waals surface area contributed by atoms with Crippen LogP contribution in [0, 0.1) is 6.92 Å². The van der Waals surface area contributed by atoms with Gasteiger partial charge in [0.25, 0.3) is 0 Å². The molecule has 0 amide bonds. The molecule has 25 heavy (non-hydrogen) atoms. The summed E-state index contributed by atoms with van der Waals surface area (Å²) in [5.74, 6) is -0.986. The van der Waals surface area contributed by atoms with Gasteiger partial charge in [-0.15, -0.1) is 0 Å². The third kappa shape index (κ3) is 3.15. The van der Waals surface area contributed by atoms with Gasteiger partial charge < -0.3 is 5.11 Å². The van der Waals surface area contributed by atoms with Crippen molar-refractivity contribution in [1.29, 1.82) is 0 Å². The second-order valence-corrected chi connectivity index (χ2v) is 5.82. The third-order valence-corrected chi connectivity index (χ3v) is 4.09. The number of carboxylic acids is 1. The first kappa shape index (κ1) is 16.8. The van der Waals surface area contributed by atoms with Gasteiger partial charge in [0.2, 0.25) is 0 Å². The fourth-order valence-corrected chi connectivity index (χ4v) is 2.99. The number of nitrogens with zero attached hydrogens (tertiary/aromatic N) is 4. The topological polar surface area (TPSA) is 80.9 Å². The minimum atomic E-state index is -0.986. The molecular weight excluding hydrogens is 316 g/mol. The van der Waals surface area contributed by atoms with Crippen molar-refractivity contribution >= 4 is 23.1 Å². The predicted octanol–water partition coefficient (Wildman–Crippen LogP) is 3.48. The molecule has 0 fully saturated rings. The van der Waals surface area contributed by atoms with Crippen molar-refractivity contribution in [3.05, 3.63) is 47.6 Å². The number of hydrogen-bond donors (Lipinski definition) is 1. The summed E-state index contributed by atoms with van der Waals surface area (Å²) in [6.45, 7) is 6.73. The number of fused-ring (bicyclic) bond motifs is 1. The Bertz CT molecular complexity index is 973. The molecule has 0 aromatic carbocycles. The minimum Gasteiger partial charge on any atom is -0.478 e. The number of aliphatic carboxylic acids is 1. The van der Waals surface area contributed by atoms with E-state index in [-0.39, 0.29) is 0 Å². The maximum atomic E-state index is 11.1. The fraction of sp³-hybridized carbons (Fsp3) is 0.263. The Morgan fingerprint density at radius 2 is 2.08 bits per heavy atom. The molecule has 0 unspecified atom stereocenters. The molecule has 0 saturated carbocycles. The van der Waals surface area contributed by atoms with Crippen LogP contribution >= 0.6 is 0 Å². The van der Waals surface area contributed by atoms with E-state index in [4.69, 9.17) is 10.1 Å². The van der Waals surface area contributed by atoms with Crippen molar-refractivity contribution in [1.82, 2.24) is 19.7 Å². The van der Waals surface area contributed by atoms with Gasteiger partial charge in [-0.2, -0.15) is 5.10 Å². The Labute approximate surface area is 145 Å². The first-order chi connectivity index (χ1) is 12.0. The molecule has 0 atom stereocenters. The van der Waals surface area contributed by atoms with Crippen LogP contribution in [0.3, 0.4) is 0 Å². The van der Waals surface area contributed by atoms with Gasteiger partial charge in [0.1, 0.15) is 0 Å². The highest BCUT2D eigenvalue weighted by Crippen LogP contribution is 2.34. The molecule has 6 heteroatoms. The SMILES string of the molecule is CCc1nc2c(cnn2CC)c(-c2cncc(C)c2)c1/C=C/C(=O)O. The van der Waals surface area contributed by atoms with E-state index in [1.807, 2.05) is 31.5 Å². The zero-order valence-corrected chi connectivity index (χ0v) is 14.5. The van der Waals surface area contributed by atoms with Gasteiger partial charge in [0, 0.05) is 47.1 Å². The Hall–Kier alpha value is -3.02. The van der Waals surface area contributed by atoms with Crippen LogP contribution in [-0.2, 0) is 17.8 Å².